The Morgan fingerprint density at radius 2 is 2.20 bits per heavy atom. The van der Waals surface area contributed by atoms with Crippen LogP contribution in [0.4, 0.5) is 4.39 Å². The van der Waals surface area contributed by atoms with Crippen molar-refractivity contribution in [1.29, 1.82) is 5.26 Å². The molecule has 20 heavy (non-hydrogen) atoms. The normalized spacial score (nSPS) is 10.7. The molecule has 1 aromatic carbocycles. The Labute approximate surface area is 119 Å². The van der Waals surface area contributed by atoms with Crippen LogP contribution in [0.3, 0.4) is 0 Å². The molecule has 0 saturated carbocycles. The Morgan fingerprint density at radius 3 is 3.00 bits per heavy atom. The molecule has 0 fully saturated rings. The van der Waals surface area contributed by atoms with Crippen LogP contribution in [-0.2, 0) is 6.54 Å². The van der Waals surface area contributed by atoms with Gasteiger partial charge in [0.25, 0.3) is 0 Å². The van der Waals surface area contributed by atoms with E-state index in [0.717, 1.165) is 0 Å². The Morgan fingerprint density at radius 1 is 1.35 bits per heavy atom. The summed E-state index contributed by atoms with van der Waals surface area (Å²) >= 11 is 5.87. The third-order valence-corrected chi connectivity index (χ3v) is 3.18. The van der Waals surface area contributed by atoms with Gasteiger partial charge in [-0.15, -0.1) is 0 Å². The number of hydrogen-bond donors (Lipinski definition) is 0. The molecule has 0 atom stereocenters. The maximum absolute atomic E-state index is 13.8. The highest BCUT2D eigenvalue weighted by molar-refractivity contribution is 6.30. The summed E-state index contributed by atoms with van der Waals surface area (Å²) in [5.41, 5.74) is 1.22. The molecule has 0 aliphatic heterocycles. The predicted octanol–water partition coefficient (Wildman–Crippen LogP) is 3.14. The van der Waals surface area contributed by atoms with Gasteiger partial charge in [0.15, 0.2) is 11.3 Å². The highest BCUT2D eigenvalue weighted by Crippen LogP contribution is 2.20. The Hall–Kier alpha value is -2.45. The highest BCUT2D eigenvalue weighted by atomic mass is 35.5. The van der Waals surface area contributed by atoms with E-state index in [2.05, 4.69) is 10.1 Å². The molecule has 0 saturated heterocycles. The fourth-order valence-electron chi connectivity index (χ4n) is 2.03. The summed E-state index contributed by atoms with van der Waals surface area (Å²) in [6.45, 7) is 0.168. The van der Waals surface area contributed by atoms with Gasteiger partial charge in [0.2, 0.25) is 0 Å². The van der Waals surface area contributed by atoms with Crippen molar-refractivity contribution in [2.75, 3.05) is 0 Å². The van der Waals surface area contributed by atoms with E-state index < -0.39 is 0 Å². The molecular weight excluding hydrogens is 279 g/mol. The maximum atomic E-state index is 13.8. The fraction of sp³-hybridized carbons (Fsp3) is 0.0714. The molecule has 0 bridgehead atoms. The molecule has 0 unspecified atom stereocenters. The lowest BCUT2D eigenvalue weighted by Gasteiger charge is -2.05. The summed E-state index contributed by atoms with van der Waals surface area (Å²) in [4.78, 5) is 4.19. The van der Waals surface area contributed by atoms with Crippen molar-refractivity contribution in [2.45, 2.75) is 6.54 Å². The van der Waals surface area contributed by atoms with Gasteiger partial charge in [0.05, 0.1) is 11.9 Å². The Bertz CT molecular complexity index is 835. The monoisotopic (exact) mass is 286 g/mol. The van der Waals surface area contributed by atoms with Crippen LogP contribution >= 0.6 is 11.6 Å². The molecule has 0 amide bonds. The Balaban J connectivity index is 2.12. The van der Waals surface area contributed by atoms with Crippen LogP contribution in [0.15, 0.2) is 36.5 Å². The van der Waals surface area contributed by atoms with Crippen LogP contribution < -0.4 is 0 Å². The number of hydrogen-bond acceptors (Lipinski definition) is 3. The summed E-state index contributed by atoms with van der Waals surface area (Å²) in [6, 6.07) is 9.84. The van der Waals surface area contributed by atoms with Crippen molar-refractivity contribution in [2.24, 2.45) is 0 Å². The molecular formula is C14H8ClFN4. The Kier molecular flexibility index (Phi) is 3.09. The molecule has 0 spiro atoms. The minimum atomic E-state index is -0.368. The number of pyridine rings is 1. The molecule has 6 heteroatoms. The number of aromatic nitrogens is 3. The molecule has 0 radical (unpaired) electrons. The average molecular weight is 287 g/mol. The lowest BCUT2D eigenvalue weighted by molar-refractivity contribution is 0.589. The molecule has 2 heterocycles. The van der Waals surface area contributed by atoms with E-state index in [0.29, 0.717) is 21.6 Å². The molecule has 98 valence electrons. The quantitative estimate of drug-likeness (QED) is 0.727. The van der Waals surface area contributed by atoms with Gasteiger partial charge in [-0.1, -0.05) is 11.6 Å². The van der Waals surface area contributed by atoms with Crippen molar-refractivity contribution in [3.63, 3.8) is 0 Å². The van der Waals surface area contributed by atoms with E-state index in [1.165, 1.54) is 16.8 Å². The van der Waals surface area contributed by atoms with E-state index in [9.17, 15) is 4.39 Å². The first kappa shape index (κ1) is 12.6. The third-order valence-electron chi connectivity index (χ3n) is 2.94. The molecule has 3 rings (SSSR count). The SMILES string of the molecule is N#Cc1nn(Cc2cc(Cl)ccc2F)c2ncccc12. The largest absolute Gasteiger partial charge is 0.241 e. The number of fused-ring (bicyclic) bond motifs is 1. The molecule has 4 nitrogen and oxygen atoms in total. The second-order valence-corrected chi connectivity index (χ2v) is 4.66. The maximum Gasteiger partial charge on any atom is 0.172 e. The van der Waals surface area contributed by atoms with Gasteiger partial charge < -0.3 is 0 Å². The summed E-state index contributed by atoms with van der Waals surface area (Å²) in [5, 5.41) is 14.3. The standard InChI is InChI=1S/C14H8ClFN4/c15-10-3-4-12(16)9(6-10)8-20-14-11(2-1-5-18-14)13(7-17)19-20/h1-6H,8H2. The van der Waals surface area contributed by atoms with Crippen molar-refractivity contribution < 1.29 is 4.39 Å². The van der Waals surface area contributed by atoms with Crippen LogP contribution in [0.2, 0.25) is 5.02 Å². The fourth-order valence-corrected chi connectivity index (χ4v) is 2.22. The minimum Gasteiger partial charge on any atom is -0.241 e. The first-order chi connectivity index (χ1) is 9.69. The van der Waals surface area contributed by atoms with Gasteiger partial charge in [0.1, 0.15) is 11.9 Å². The number of halogens is 2. The van der Waals surface area contributed by atoms with Crippen molar-refractivity contribution in [3.05, 3.63) is 58.6 Å². The second kappa shape index (κ2) is 4.91. The number of nitrogens with zero attached hydrogens (tertiary/aromatic N) is 4. The van der Waals surface area contributed by atoms with Gasteiger partial charge in [0, 0.05) is 16.8 Å². The zero-order chi connectivity index (χ0) is 14.1. The molecule has 0 N–H and O–H groups in total. The zero-order valence-electron chi connectivity index (χ0n) is 10.2. The van der Waals surface area contributed by atoms with Crippen LogP contribution in [0.1, 0.15) is 11.3 Å². The summed E-state index contributed by atoms with van der Waals surface area (Å²) in [6.07, 6.45) is 1.61. The first-order valence-corrected chi connectivity index (χ1v) is 6.22. The van der Waals surface area contributed by atoms with E-state index >= 15 is 0 Å². The van der Waals surface area contributed by atoms with Gasteiger partial charge in [-0.25, -0.2) is 14.1 Å². The summed E-state index contributed by atoms with van der Waals surface area (Å²) < 4.78 is 15.3. The highest BCUT2D eigenvalue weighted by Gasteiger charge is 2.12. The molecule has 0 aliphatic carbocycles. The lowest BCUT2D eigenvalue weighted by Crippen LogP contribution is -2.04. The van der Waals surface area contributed by atoms with E-state index in [1.54, 1.807) is 24.4 Å². The van der Waals surface area contributed by atoms with Crippen LogP contribution in [-0.4, -0.2) is 14.8 Å². The van der Waals surface area contributed by atoms with E-state index in [4.69, 9.17) is 16.9 Å². The van der Waals surface area contributed by atoms with Gasteiger partial charge >= 0.3 is 0 Å². The van der Waals surface area contributed by atoms with Gasteiger partial charge in [-0.2, -0.15) is 10.4 Å². The third kappa shape index (κ3) is 2.10. The average Bonchev–Trinajstić information content (AvgIpc) is 2.81. The van der Waals surface area contributed by atoms with Crippen LogP contribution in [0.5, 0.6) is 0 Å². The number of benzene rings is 1. The topological polar surface area (TPSA) is 54.5 Å². The van der Waals surface area contributed by atoms with Crippen molar-refractivity contribution in [3.8, 4) is 6.07 Å². The van der Waals surface area contributed by atoms with Crippen LogP contribution in [0.25, 0.3) is 11.0 Å². The summed E-state index contributed by atoms with van der Waals surface area (Å²) in [7, 11) is 0. The lowest BCUT2D eigenvalue weighted by atomic mass is 10.2. The smallest absolute Gasteiger partial charge is 0.172 e. The summed E-state index contributed by atoms with van der Waals surface area (Å²) in [5.74, 6) is -0.368. The minimum absolute atomic E-state index is 0.168. The molecule has 2 aromatic heterocycles. The first-order valence-electron chi connectivity index (χ1n) is 5.84. The molecule has 3 aromatic rings. The van der Waals surface area contributed by atoms with Gasteiger partial charge in [-0.05, 0) is 30.3 Å². The molecule has 0 aliphatic rings. The van der Waals surface area contributed by atoms with E-state index in [1.807, 2.05) is 6.07 Å². The second-order valence-electron chi connectivity index (χ2n) is 4.23. The van der Waals surface area contributed by atoms with Crippen molar-refractivity contribution in [1.82, 2.24) is 14.8 Å². The van der Waals surface area contributed by atoms with Gasteiger partial charge in [-0.3, -0.25) is 0 Å². The number of nitriles is 1. The predicted molar refractivity (Wildman–Crippen MR) is 72.8 cm³/mol. The van der Waals surface area contributed by atoms with Crippen molar-refractivity contribution >= 4 is 22.6 Å². The van der Waals surface area contributed by atoms with Crippen LogP contribution in [0, 0.1) is 17.1 Å². The van der Waals surface area contributed by atoms with E-state index in [-0.39, 0.29) is 18.1 Å². The zero-order valence-corrected chi connectivity index (χ0v) is 11.0. The number of rotatable bonds is 2.